The summed E-state index contributed by atoms with van der Waals surface area (Å²) in [6.07, 6.45) is 5.12. The van der Waals surface area contributed by atoms with Gasteiger partial charge in [-0.2, -0.15) is 0 Å². The molecule has 1 aromatic heterocycles. The summed E-state index contributed by atoms with van der Waals surface area (Å²) in [5, 5.41) is 5.13. The van der Waals surface area contributed by atoms with Crippen LogP contribution in [0.15, 0.2) is 72.9 Å². The molecule has 0 unspecified atom stereocenters. The highest BCUT2D eigenvalue weighted by Crippen LogP contribution is 2.19. The van der Waals surface area contributed by atoms with Crippen LogP contribution < -0.4 is 5.32 Å². The van der Waals surface area contributed by atoms with Crippen LogP contribution in [0.4, 0.5) is 0 Å². The zero-order chi connectivity index (χ0) is 15.2. The lowest BCUT2D eigenvalue weighted by molar-refractivity contribution is -0.116. The Kier molecular flexibility index (Phi) is 4.25. The molecule has 2 aromatic carbocycles. The molecule has 22 heavy (non-hydrogen) atoms. The van der Waals surface area contributed by atoms with Gasteiger partial charge in [0.15, 0.2) is 0 Å². The topological polar surface area (TPSA) is 42.0 Å². The van der Waals surface area contributed by atoms with Gasteiger partial charge in [-0.25, -0.2) is 0 Å². The highest BCUT2D eigenvalue weighted by molar-refractivity contribution is 5.96. The zero-order valence-electron chi connectivity index (χ0n) is 12.1. The molecule has 0 saturated carbocycles. The van der Waals surface area contributed by atoms with Crippen molar-refractivity contribution < 1.29 is 4.79 Å². The van der Waals surface area contributed by atoms with Crippen molar-refractivity contribution in [3.05, 3.63) is 84.2 Å². The molecule has 3 heteroatoms. The third-order valence-corrected chi connectivity index (χ3v) is 3.41. The molecule has 3 aromatic rings. The molecule has 0 saturated heterocycles. The number of aromatic nitrogens is 1. The third kappa shape index (κ3) is 3.38. The summed E-state index contributed by atoms with van der Waals surface area (Å²) in [7, 11) is 0. The Bertz CT molecular complexity index is 805. The Balaban J connectivity index is 1.69. The quantitative estimate of drug-likeness (QED) is 0.746. The highest BCUT2D eigenvalue weighted by Gasteiger charge is 1.99. The Labute approximate surface area is 129 Å². The van der Waals surface area contributed by atoms with Crippen molar-refractivity contribution in [2.75, 3.05) is 0 Å². The van der Waals surface area contributed by atoms with Gasteiger partial charge in [0.1, 0.15) is 0 Å². The number of nitrogens with zero attached hydrogens (tertiary/aromatic N) is 1. The molecule has 1 amide bonds. The number of fused-ring (bicyclic) bond motifs is 1. The maximum atomic E-state index is 11.9. The van der Waals surface area contributed by atoms with Gasteiger partial charge in [-0.3, -0.25) is 9.78 Å². The number of benzene rings is 2. The van der Waals surface area contributed by atoms with Gasteiger partial charge in [0.2, 0.25) is 5.91 Å². The SMILES string of the molecule is O=C(/C=C/c1cccc2ccccc12)NCc1ccccn1. The number of pyridine rings is 1. The average Bonchev–Trinajstić information content (AvgIpc) is 2.59. The van der Waals surface area contributed by atoms with E-state index in [1.807, 2.05) is 48.5 Å². The first kappa shape index (κ1) is 14.0. The minimum absolute atomic E-state index is 0.126. The average molecular weight is 288 g/mol. The van der Waals surface area contributed by atoms with Crippen molar-refractivity contribution in [3.63, 3.8) is 0 Å². The number of hydrogen-bond donors (Lipinski definition) is 1. The highest BCUT2D eigenvalue weighted by atomic mass is 16.1. The van der Waals surface area contributed by atoms with Crippen LogP contribution in [0.1, 0.15) is 11.3 Å². The second-order valence-corrected chi connectivity index (χ2v) is 4.94. The number of rotatable bonds is 4. The summed E-state index contributed by atoms with van der Waals surface area (Å²) in [6.45, 7) is 0.430. The first-order chi connectivity index (χ1) is 10.8. The van der Waals surface area contributed by atoms with Crippen molar-refractivity contribution in [2.45, 2.75) is 6.54 Å². The van der Waals surface area contributed by atoms with Crippen LogP contribution in [0.2, 0.25) is 0 Å². The van der Waals surface area contributed by atoms with Gasteiger partial charge in [0.25, 0.3) is 0 Å². The van der Waals surface area contributed by atoms with Gasteiger partial charge in [0, 0.05) is 12.3 Å². The monoisotopic (exact) mass is 288 g/mol. The molecule has 0 aliphatic rings. The zero-order valence-corrected chi connectivity index (χ0v) is 12.1. The minimum atomic E-state index is -0.126. The predicted molar refractivity (Wildman–Crippen MR) is 89.1 cm³/mol. The lowest BCUT2D eigenvalue weighted by atomic mass is 10.0. The van der Waals surface area contributed by atoms with E-state index in [0.29, 0.717) is 6.54 Å². The lowest BCUT2D eigenvalue weighted by Crippen LogP contribution is -2.20. The molecule has 0 fully saturated rings. The molecule has 108 valence electrons. The fraction of sp³-hybridized carbons (Fsp3) is 0.0526. The molecule has 0 aliphatic carbocycles. The molecule has 1 heterocycles. The van der Waals surface area contributed by atoms with Crippen LogP contribution in [-0.2, 0) is 11.3 Å². The van der Waals surface area contributed by atoms with Crippen LogP contribution in [0.3, 0.4) is 0 Å². The van der Waals surface area contributed by atoms with Crippen LogP contribution in [0.5, 0.6) is 0 Å². The van der Waals surface area contributed by atoms with Crippen LogP contribution in [0, 0.1) is 0 Å². The Morgan fingerprint density at radius 2 is 1.82 bits per heavy atom. The predicted octanol–water partition coefficient (Wildman–Crippen LogP) is 3.56. The first-order valence-electron chi connectivity index (χ1n) is 7.16. The Morgan fingerprint density at radius 1 is 1.00 bits per heavy atom. The summed E-state index contributed by atoms with van der Waals surface area (Å²) >= 11 is 0. The molecule has 1 N–H and O–H groups in total. The Morgan fingerprint density at radius 3 is 2.68 bits per heavy atom. The molecule has 0 spiro atoms. The lowest BCUT2D eigenvalue weighted by Gasteiger charge is -2.03. The molecule has 3 rings (SSSR count). The molecule has 0 aliphatic heterocycles. The van der Waals surface area contributed by atoms with Crippen molar-refractivity contribution in [2.24, 2.45) is 0 Å². The van der Waals surface area contributed by atoms with Gasteiger partial charge in [-0.05, 0) is 34.5 Å². The van der Waals surface area contributed by atoms with Crippen LogP contribution in [-0.4, -0.2) is 10.9 Å². The van der Waals surface area contributed by atoms with Crippen molar-refractivity contribution >= 4 is 22.8 Å². The number of hydrogen-bond acceptors (Lipinski definition) is 2. The van der Waals surface area contributed by atoms with Crippen LogP contribution >= 0.6 is 0 Å². The number of carbonyl (C=O) groups excluding carboxylic acids is 1. The van der Waals surface area contributed by atoms with E-state index in [-0.39, 0.29) is 5.91 Å². The molecule has 0 atom stereocenters. The van der Waals surface area contributed by atoms with Crippen molar-refractivity contribution in [1.29, 1.82) is 0 Å². The summed E-state index contributed by atoms with van der Waals surface area (Å²) in [5.74, 6) is -0.126. The number of carbonyl (C=O) groups is 1. The van der Waals surface area contributed by atoms with Crippen molar-refractivity contribution in [1.82, 2.24) is 10.3 Å². The summed E-state index contributed by atoms with van der Waals surface area (Å²) in [6, 6.07) is 19.8. The van der Waals surface area contributed by atoms with E-state index >= 15 is 0 Å². The summed E-state index contributed by atoms with van der Waals surface area (Å²) < 4.78 is 0. The number of amides is 1. The van der Waals surface area contributed by atoms with E-state index in [0.717, 1.165) is 16.6 Å². The summed E-state index contributed by atoms with van der Waals surface area (Å²) in [5.41, 5.74) is 1.88. The molecule has 3 nitrogen and oxygen atoms in total. The molecule has 0 radical (unpaired) electrons. The van der Waals surface area contributed by atoms with Gasteiger partial charge in [-0.15, -0.1) is 0 Å². The Hall–Kier alpha value is -2.94. The largest absolute Gasteiger partial charge is 0.347 e. The van der Waals surface area contributed by atoms with Gasteiger partial charge in [-0.1, -0.05) is 48.5 Å². The standard InChI is InChI=1S/C19H16N2O/c22-19(21-14-17-9-3-4-13-20-17)12-11-16-8-5-7-15-6-1-2-10-18(15)16/h1-13H,14H2,(H,21,22)/b12-11+. The van der Waals surface area contributed by atoms with Crippen molar-refractivity contribution in [3.8, 4) is 0 Å². The smallest absolute Gasteiger partial charge is 0.244 e. The second-order valence-electron chi connectivity index (χ2n) is 4.94. The van der Waals surface area contributed by atoms with E-state index in [4.69, 9.17) is 0 Å². The first-order valence-corrected chi connectivity index (χ1v) is 7.16. The fourth-order valence-electron chi connectivity index (χ4n) is 2.30. The van der Waals surface area contributed by atoms with Gasteiger partial charge in [0.05, 0.1) is 12.2 Å². The van der Waals surface area contributed by atoms with E-state index in [2.05, 4.69) is 28.5 Å². The maximum Gasteiger partial charge on any atom is 0.244 e. The second kappa shape index (κ2) is 6.68. The maximum absolute atomic E-state index is 11.9. The minimum Gasteiger partial charge on any atom is -0.347 e. The van der Waals surface area contributed by atoms with E-state index in [1.54, 1.807) is 12.3 Å². The van der Waals surface area contributed by atoms with E-state index in [1.165, 1.54) is 5.39 Å². The summed E-state index contributed by atoms with van der Waals surface area (Å²) in [4.78, 5) is 16.1. The van der Waals surface area contributed by atoms with E-state index in [9.17, 15) is 4.79 Å². The van der Waals surface area contributed by atoms with Gasteiger partial charge >= 0.3 is 0 Å². The van der Waals surface area contributed by atoms with Gasteiger partial charge < -0.3 is 5.32 Å². The van der Waals surface area contributed by atoms with E-state index < -0.39 is 0 Å². The normalized spacial score (nSPS) is 10.9. The fourth-order valence-corrected chi connectivity index (χ4v) is 2.30. The number of nitrogens with one attached hydrogen (secondary N) is 1. The van der Waals surface area contributed by atoms with Crippen LogP contribution in [0.25, 0.3) is 16.8 Å². The molecular formula is C19H16N2O. The molecule has 0 bridgehead atoms. The third-order valence-electron chi connectivity index (χ3n) is 3.41. The molecular weight excluding hydrogens is 272 g/mol.